The van der Waals surface area contributed by atoms with E-state index in [1.54, 1.807) is 31.2 Å². The first-order chi connectivity index (χ1) is 11.4. The molecular weight excluding hydrogens is 308 g/mol. The Labute approximate surface area is 137 Å². The second-order valence-electron chi connectivity index (χ2n) is 5.45. The average Bonchev–Trinajstić information content (AvgIpc) is 2.60. The summed E-state index contributed by atoms with van der Waals surface area (Å²) in [5, 5.41) is 30.6. The predicted molar refractivity (Wildman–Crippen MR) is 88.8 cm³/mol. The van der Waals surface area contributed by atoms with Crippen molar-refractivity contribution in [3.63, 3.8) is 0 Å². The molecule has 0 saturated heterocycles. The van der Waals surface area contributed by atoms with Crippen LogP contribution in [-0.2, 0) is 0 Å². The summed E-state index contributed by atoms with van der Waals surface area (Å²) in [5.41, 5.74) is 0.578. The summed E-state index contributed by atoms with van der Waals surface area (Å²) in [7, 11) is 0. The van der Waals surface area contributed by atoms with Gasteiger partial charge in [-0.3, -0.25) is 4.79 Å². The molecule has 0 atom stereocenters. The molecule has 0 saturated carbocycles. The van der Waals surface area contributed by atoms with Crippen LogP contribution in [0.5, 0.6) is 11.5 Å². The zero-order chi connectivity index (χ0) is 17.4. The third kappa shape index (κ3) is 2.36. The largest absolute Gasteiger partial charge is 0.507 e. The van der Waals surface area contributed by atoms with Crippen molar-refractivity contribution < 1.29 is 24.9 Å². The minimum absolute atomic E-state index is 0.00859. The molecule has 5 nitrogen and oxygen atoms in total. The number of phenolic OH excluding ortho intramolecular Hbond substituents is 2. The quantitative estimate of drug-likeness (QED) is 0.507. The van der Waals surface area contributed by atoms with Crippen molar-refractivity contribution >= 4 is 22.5 Å². The fourth-order valence-electron chi connectivity index (χ4n) is 2.72. The Kier molecular flexibility index (Phi) is 3.69. The lowest BCUT2D eigenvalue weighted by Crippen LogP contribution is -2.06. The first-order valence-corrected chi connectivity index (χ1v) is 7.23. The average molecular weight is 322 g/mol. The Balaban J connectivity index is 2.18. The van der Waals surface area contributed by atoms with Crippen molar-refractivity contribution in [3.05, 3.63) is 70.8 Å². The van der Waals surface area contributed by atoms with Crippen LogP contribution in [0.3, 0.4) is 0 Å². The molecule has 0 fully saturated rings. The molecule has 0 aliphatic rings. The SMILES string of the molecule is Cc1c(C(=O)c2ccc(C(=O)O)cc2)c(O)c2ccccc2c1O. The zero-order valence-corrected chi connectivity index (χ0v) is 12.8. The lowest BCUT2D eigenvalue weighted by atomic mass is 9.93. The van der Waals surface area contributed by atoms with Gasteiger partial charge in [0.1, 0.15) is 11.5 Å². The number of aromatic hydroxyl groups is 2. The number of carbonyl (C=O) groups is 2. The van der Waals surface area contributed by atoms with Crippen molar-refractivity contribution in [2.24, 2.45) is 0 Å². The van der Waals surface area contributed by atoms with Crippen molar-refractivity contribution in [3.8, 4) is 11.5 Å². The molecule has 0 aliphatic carbocycles. The van der Waals surface area contributed by atoms with Gasteiger partial charge in [0.2, 0.25) is 0 Å². The summed E-state index contributed by atoms with van der Waals surface area (Å²) < 4.78 is 0. The number of carboxylic acids is 1. The highest BCUT2D eigenvalue weighted by molar-refractivity contribution is 6.16. The van der Waals surface area contributed by atoms with Gasteiger partial charge in [-0.15, -0.1) is 0 Å². The van der Waals surface area contributed by atoms with Gasteiger partial charge in [-0.05, 0) is 19.1 Å². The molecule has 0 radical (unpaired) electrons. The van der Waals surface area contributed by atoms with E-state index in [2.05, 4.69) is 0 Å². The summed E-state index contributed by atoms with van der Waals surface area (Å²) in [6.07, 6.45) is 0. The maximum absolute atomic E-state index is 12.7. The summed E-state index contributed by atoms with van der Waals surface area (Å²) in [6.45, 7) is 1.56. The normalized spacial score (nSPS) is 10.7. The van der Waals surface area contributed by atoms with Gasteiger partial charge in [0.15, 0.2) is 5.78 Å². The number of carbonyl (C=O) groups excluding carboxylic acids is 1. The molecule has 0 unspecified atom stereocenters. The Morgan fingerprint density at radius 2 is 1.29 bits per heavy atom. The fraction of sp³-hybridized carbons (Fsp3) is 0.0526. The van der Waals surface area contributed by atoms with Crippen LogP contribution in [0.1, 0.15) is 31.8 Å². The Morgan fingerprint density at radius 1 is 0.792 bits per heavy atom. The topological polar surface area (TPSA) is 94.8 Å². The third-order valence-corrected chi connectivity index (χ3v) is 4.03. The molecule has 24 heavy (non-hydrogen) atoms. The van der Waals surface area contributed by atoms with E-state index in [9.17, 15) is 19.8 Å². The molecule has 3 N–H and O–H groups in total. The number of fused-ring (bicyclic) bond motifs is 1. The number of hydrogen-bond acceptors (Lipinski definition) is 4. The number of aromatic carboxylic acids is 1. The third-order valence-electron chi connectivity index (χ3n) is 4.03. The highest BCUT2D eigenvalue weighted by atomic mass is 16.4. The molecule has 5 heteroatoms. The van der Waals surface area contributed by atoms with Gasteiger partial charge in [-0.25, -0.2) is 4.79 Å². The summed E-state index contributed by atoms with van der Waals surface area (Å²) in [5.74, 6) is -1.83. The number of rotatable bonds is 3. The number of carboxylic acid groups (broad SMARTS) is 1. The van der Waals surface area contributed by atoms with E-state index in [0.717, 1.165) is 0 Å². The van der Waals surface area contributed by atoms with E-state index in [0.29, 0.717) is 10.8 Å². The van der Waals surface area contributed by atoms with E-state index < -0.39 is 11.8 Å². The number of benzene rings is 3. The predicted octanol–water partition coefficient (Wildman–Crippen LogP) is 3.49. The molecule has 0 bridgehead atoms. The van der Waals surface area contributed by atoms with Gasteiger partial charge >= 0.3 is 5.97 Å². The molecular formula is C19H14O5. The van der Waals surface area contributed by atoms with Gasteiger partial charge in [0.05, 0.1) is 11.1 Å². The van der Waals surface area contributed by atoms with Crippen LogP contribution >= 0.6 is 0 Å². The van der Waals surface area contributed by atoms with Crippen molar-refractivity contribution in [1.82, 2.24) is 0 Å². The van der Waals surface area contributed by atoms with Crippen LogP contribution in [0.15, 0.2) is 48.5 Å². The lowest BCUT2D eigenvalue weighted by molar-refractivity contribution is 0.0696. The van der Waals surface area contributed by atoms with Crippen LogP contribution < -0.4 is 0 Å². The van der Waals surface area contributed by atoms with Crippen molar-refractivity contribution in [1.29, 1.82) is 0 Å². The summed E-state index contributed by atoms with van der Waals surface area (Å²) in [6, 6.07) is 12.1. The maximum atomic E-state index is 12.7. The van der Waals surface area contributed by atoms with Crippen LogP contribution in [0.2, 0.25) is 0 Å². The second-order valence-corrected chi connectivity index (χ2v) is 5.45. The highest BCUT2D eigenvalue weighted by Gasteiger charge is 2.22. The number of phenols is 2. The van der Waals surface area contributed by atoms with Crippen molar-refractivity contribution in [2.45, 2.75) is 6.92 Å². The molecule has 0 aromatic heterocycles. The minimum atomic E-state index is -1.09. The summed E-state index contributed by atoms with van der Waals surface area (Å²) in [4.78, 5) is 23.6. The smallest absolute Gasteiger partial charge is 0.335 e. The van der Waals surface area contributed by atoms with Crippen LogP contribution in [0.4, 0.5) is 0 Å². The molecule has 0 heterocycles. The fourth-order valence-corrected chi connectivity index (χ4v) is 2.72. The maximum Gasteiger partial charge on any atom is 0.335 e. The number of ketones is 1. The van der Waals surface area contributed by atoms with Crippen LogP contribution in [0.25, 0.3) is 10.8 Å². The van der Waals surface area contributed by atoms with Crippen molar-refractivity contribution in [2.75, 3.05) is 0 Å². The standard InChI is InChI=1S/C19H14O5/c1-10-15(17(21)11-6-8-12(9-7-11)19(23)24)18(22)14-5-3-2-4-13(14)16(10)20/h2-9,20,22H,1H3,(H,23,24). The van der Waals surface area contributed by atoms with E-state index in [4.69, 9.17) is 5.11 Å². The monoisotopic (exact) mass is 322 g/mol. The van der Waals surface area contributed by atoms with Gasteiger partial charge in [-0.1, -0.05) is 36.4 Å². The molecule has 3 aromatic carbocycles. The van der Waals surface area contributed by atoms with E-state index in [1.807, 2.05) is 0 Å². The van der Waals surface area contributed by atoms with Gasteiger partial charge in [0.25, 0.3) is 0 Å². The van der Waals surface area contributed by atoms with Gasteiger partial charge in [0, 0.05) is 21.9 Å². The number of hydrogen-bond donors (Lipinski definition) is 3. The van der Waals surface area contributed by atoms with E-state index in [1.165, 1.54) is 24.3 Å². The Morgan fingerprint density at radius 3 is 1.83 bits per heavy atom. The van der Waals surface area contributed by atoms with E-state index in [-0.39, 0.29) is 33.8 Å². The highest BCUT2D eigenvalue weighted by Crippen LogP contribution is 2.39. The summed E-state index contributed by atoms with van der Waals surface area (Å²) >= 11 is 0. The first-order valence-electron chi connectivity index (χ1n) is 7.23. The molecule has 0 amide bonds. The Hall–Kier alpha value is -3.34. The van der Waals surface area contributed by atoms with Gasteiger partial charge < -0.3 is 15.3 Å². The van der Waals surface area contributed by atoms with E-state index >= 15 is 0 Å². The first kappa shape index (κ1) is 15.6. The van der Waals surface area contributed by atoms with Crippen LogP contribution in [0, 0.1) is 6.92 Å². The Bertz CT molecular complexity index is 971. The minimum Gasteiger partial charge on any atom is -0.507 e. The molecule has 0 spiro atoms. The molecule has 3 rings (SSSR count). The van der Waals surface area contributed by atoms with Crippen LogP contribution in [-0.4, -0.2) is 27.1 Å². The second kappa shape index (κ2) is 5.70. The lowest BCUT2D eigenvalue weighted by Gasteiger charge is -2.13. The molecule has 120 valence electrons. The molecule has 3 aromatic rings. The zero-order valence-electron chi connectivity index (χ0n) is 12.8. The molecule has 0 aliphatic heterocycles. The van der Waals surface area contributed by atoms with Gasteiger partial charge in [-0.2, -0.15) is 0 Å².